The number of oxazole rings is 1. The number of carbonyl (C=O) groups is 1. The van der Waals surface area contributed by atoms with Crippen LogP contribution in [0.3, 0.4) is 0 Å². The van der Waals surface area contributed by atoms with Crippen LogP contribution in [0, 0.1) is 5.82 Å². The first-order chi connectivity index (χ1) is 11.7. The summed E-state index contributed by atoms with van der Waals surface area (Å²) in [5.74, 6) is -0.0149. The number of benzene rings is 1. The maximum atomic E-state index is 13.1. The molecule has 1 aromatic heterocycles. The van der Waals surface area contributed by atoms with E-state index in [0.717, 1.165) is 26.1 Å². The molecule has 0 bridgehead atoms. The van der Waals surface area contributed by atoms with Crippen molar-refractivity contribution in [1.82, 2.24) is 14.8 Å². The van der Waals surface area contributed by atoms with Crippen LogP contribution in [0.25, 0.3) is 11.3 Å². The van der Waals surface area contributed by atoms with Gasteiger partial charge in [-0.3, -0.25) is 9.69 Å². The maximum Gasteiger partial charge on any atom is 0.276 e. The maximum absolute atomic E-state index is 13.1. The lowest BCUT2D eigenvalue weighted by Gasteiger charge is -2.43. The molecule has 5 nitrogen and oxygen atoms in total. The highest BCUT2D eigenvalue weighted by atomic mass is 19.1. The van der Waals surface area contributed by atoms with Crippen molar-refractivity contribution in [3.8, 4) is 11.3 Å². The monoisotopic (exact) mass is 329 g/mol. The average Bonchev–Trinajstić information content (AvgIpc) is 3.11. The van der Waals surface area contributed by atoms with Gasteiger partial charge < -0.3 is 9.32 Å². The molecule has 1 aromatic carbocycles. The first kappa shape index (κ1) is 15.3. The fourth-order valence-corrected chi connectivity index (χ4v) is 3.69. The van der Waals surface area contributed by atoms with Gasteiger partial charge in [-0.25, -0.2) is 9.37 Å². The number of piperidine rings is 1. The summed E-state index contributed by atoms with van der Waals surface area (Å²) in [6.07, 6.45) is 4.91. The number of amides is 1. The molecule has 0 saturated carbocycles. The van der Waals surface area contributed by atoms with Gasteiger partial charge in [-0.15, -0.1) is 0 Å². The van der Waals surface area contributed by atoms with Gasteiger partial charge in [0.25, 0.3) is 5.91 Å². The van der Waals surface area contributed by atoms with Crippen LogP contribution in [0.2, 0.25) is 0 Å². The van der Waals surface area contributed by atoms with Crippen LogP contribution in [0.1, 0.15) is 29.8 Å². The van der Waals surface area contributed by atoms with Gasteiger partial charge >= 0.3 is 0 Å². The molecular formula is C18H20FN3O2. The Hall–Kier alpha value is -2.21. The highest BCUT2D eigenvalue weighted by Crippen LogP contribution is 2.26. The molecule has 0 unspecified atom stereocenters. The molecule has 126 valence electrons. The minimum Gasteiger partial charge on any atom is -0.443 e. The molecule has 2 fully saturated rings. The second kappa shape index (κ2) is 6.36. The van der Waals surface area contributed by atoms with Gasteiger partial charge in [0, 0.05) is 31.2 Å². The number of nitrogens with zero attached hydrogens (tertiary/aromatic N) is 3. The van der Waals surface area contributed by atoms with Crippen molar-refractivity contribution >= 4 is 5.91 Å². The van der Waals surface area contributed by atoms with Crippen molar-refractivity contribution in [2.45, 2.75) is 25.3 Å². The summed E-state index contributed by atoms with van der Waals surface area (Å²) in [4.78, 5) is 21.4. The largest absolute Gasteiger partial charge is 0.443 e. The fraction of sp³-hybridized carbons (Fsp3) is 0.444. The normalized spacial score (nSPS) is 21.5. The molecule has 2 aliphatic rings. The number of hydrogen-bond acceptors (Lipinski definition) is 4. The molecule has 0 aliphatic carbocycles. The van der Waals surface area contributed by atoms with E-state index < -0.39 is 0 Å². The van der Waals surface area contributed by atoms with Crippen LogP contribution >= 0.6 is 0 Å². The molecule has 24 heavy (non-hydrogen) atoms. The molecule has 1 atom stereocenters. The molecule has 3 heterocycles. The minimum atomic E-state index is -0.320. The molecule has 4 rings (SSSR count). The van der Waals surface area contributed by atoms with E-state index in [0.29, 0.717) is 29.6 Å². The fourth-order valence-electron chi connectivity index (χ4n) is 3.69. The molecule has 2 saturated heterocycles. The zero-order valence-corrected chi connectivity index (χ0v) is 13.4. The molecule has 2 aromatic rings. The Morgan fingerprint density at radius 2 is 2.00 bits per heavy atom. The number of rotatable bonds is 2. The van der Waals surface area contributed by atoms with Gasteiger partial charge in [-0.1, -0.05) is 6.42 Å². The molecule has 0 radical (unpaired) electrons. The van der Waals surface area contributed by atoms with E-state index in [4.69, 9.17) is 4.42 Å². The highest BCUT2D eigenvalue weighted by Gasteiger charge is 2.33. The average molecular weight is 329 g/mol. The second-order valence-electron chi connectivity index (χ2n) is 6.47. The van der Waals surface area contributed by atoms with Gasteiger partial charge in [0.1, 0.15) is 5.82 Å². The Labute approximate surface area is 140 Å². The van der Waals surface area contributed by atoms with E-state index in [9.17, 15) is 9.18 Å². The highest BCUT2D eigenvalue weighted by molar-refractivity contribution is 5.97. The quantitative estimate of drug-likeness (QED) is 0.850. The van der Waals surface area contributed by atoms with Gasteiger partial charge in [0.15, 0.2) is 17.8 Å². The lowest BCUT2D eigenvalue weighted by atomic mass is 9.99. The Balaban J connectivity index is 1.55. The molecule has 1 amide bonds. The van der Waals surface area contributed by atoms with Gasteiger partial charge in [-0.05, 0) is 43.7 Å². The summed E-state index contributed by atoms with van der Waals surface area (Å²) >= 11 is 0. The Morgan fingerprint density at radius 1 is 1.17 bits per heavy atom. The van der Waals surface area contributed by atoms with Crippen molar-refractivity contribution in [1.29, 1.82) is 0 Å². The van der Waals surface area contributed by atoms with Gasteiger partial charge in [-0.2, -0.15) is 0 Å². The van der Waals surface area contributed by atoms with Crippen LogP contribution in [0.4, 0.5) is 4.39 Å². The topological polar surface area (TPSA) is 49.6 Å². The summed E-state index contributed by atoms with van der Waals surface area (Å²) in [5, 5.41) is 0. The first-order valence-corrected chi connectivity index (χ1v) is 8.45. The number of fused-ring (bicyclic) bond motifs is 1. The number of hydrogen-bond donors (Lipinski definition) is 0. The molecule has 0 N–H and O–H groups in total. The van der Waals surface area contributed by atoms with Crippen LogP contribution < -0.4 is 0 Å². The van der Waals surface area contributed by atoms with Crippen molar-refractivity contribution in [2.75, 3.05) is 26.2 Å². The van der Waals surface area contributed by atoms with E-state index in [1.54, 1.807) is 12.1 Å². The molecule has 2 aliphatic heterocycles. The van der Waals surface area contributed by atoms with Crippen LogP contribution in [0.5, 0.6) is 0 Å². The molecule has 0 spiro atoms. The van der Waals surface area contributed by atoms with E-state index in [1.807, 2.05) is 4.90 Å². The van der Waals surface area contributed by atoms with Crippen molar-refractivity contribution in [2.24, 2.45) is 0 Å². The standard InChI is InChI=1S/C18H20FN3O2/c19-14-6-4-13(5-7-14)17-16(20-12-24-17)18(23)22-10-9-21-8-2-1-3-15(21)11-22/h4-7,12,15H,1-3,8-11H2/t15-/m0/s1. The summed E-state index contributed by atoms with van der Waals surface area (Å²) in [7, 11) is 0. The van der Waals surface area contributed by atoms with Crippen LogP contribution in [-0.2, 0) is 0 Å². The lowest BCUT2D eigenvalue weighted by Crippen LogP contribution is -2.56. The summed E-state index contributed by atoms with van der Waals surface area (Å²) in [6, 6.07) is 6.37. The van der Waals surface area contributed by atoms with Crippen LogP contribution in [0.15, 0.2) is 35.1 Å². The van der Waals surface area contributed by atoms with Crippen molar-refractivity contribution in [3.63, 3.8) is 0 Å². The predicted octanol–water partition coefficient (Wildman–Crippen LogP) is 2.79. The lowest BCUT2D eigenvalue weighted by molar-refractivity contribution is 0.0369. The zero-order chi connectivity index (χ0) is 16.5. The van der Waals surface area contributed by atoms with E-state index in [1.165, 1.54) is 31.4 Å². The third-order valence-corrected chi connectivity index (χ3v) is 5.00. The minimum absolute atomic E-state index is 0.103. The summed E-state index contributed by atoms with van der Waals surface area (Å²) in [6.45, 7) is 3.51. The van der Waals surface area contributed by atoms with Crippen LogP contribution in [-0.4, -0.2) is 52.9 Å². The Morgan fingerprint density at radius 3 is 2.83 bits per heavy atom. The SMILES string of the molecule is O=C(c1ncoc1-c1ccc(F)cc1)N1CCN2CCCC[C@H]2C1. The summed E-state index contributed by atoms with van der Waals surface area (Å²) < 4.78 is 18.5. The Kier molecular flexibility index (Phi) is 4.06. The third-order valence-electron chi connectivity index (χ3n) is 5.00. The first-order valence-electron chi connectivity index (χ1n) is 8.45. The predicted molar refractivity (Wildman–Crippen MR) is 87.0 cm³/mol. The van der Waals surface area contributed by atoms with E-state index >= 15 is 0 Å². The molecular weight excluding hydrogens is 309 g/mol. The number of aromatic nitrogens is 1. The zero-order valence-electron chi connectivity index (χ0n) is 13.4. The van der Waals surface area contributed by atoms with E-state index in [2.05, 4.69) is 9.88 Å². The van der Waals surface area contributed by atoms with Crippen molar-refractivity contribution in [3.05, 3.63) is 42.2 Å². The number of piperazine rings is 1. The number of halogens is 1. The smallest absolute Gasteiger partial charge is 0.276 e. The van der Waals surface area contributed by atoms with Gasteiger partial charge in [0.2, 0.25) is 0 Å². The number of carbonyl (C=O) groups excluding carboxylic acids is 1. The van der Waals surface area contributed by atoms with Gasteiger partial charge in [0.05, 0.1) is 0 Å². The third kappa shape index (κ3) is 2.82. The Bertz CT molecular complexity index is 728. The van der Waals surface area contributed by atoms with E-state index in [-0.39, 0.29) is 11.7 Å². The second-order valence-corrected chi connectivity index (χ2v) is 6.47. The van der Waals surface area contributed by atoms with Crippen molar-refractivity contribution < 1.29 is 13.6 Å². The molecule has 6 heteroatoms. The summed E-state index contributed by atoms with van der Waals surface area (Å²) in [5.41, 5.74) is 0.972.